The molecule has 2 amide bonds. The van der Waals surface area contributed by atoms with Gasteiger partial charge in [0.15, 0.2) is 6.10 Å². The van der Waals surface area contributed by atoms with Crippen molar-refractivity contribution in [3.05, 3.63) is 59.1 Å². The molecule has 3 rings (SSSR count). The molecule has 0 aliphatic carbocycles. The predicted molar refractivity (Wildman–Crippen MR) is 105 cm³/mol. The molecule has 1 atom stereocenters. The lowest BCUT2D eigenvalue weighted by Gasteiger charge is -2.34. The van der Waals surface area contributed by atoms with E-state index in [4.69, 9.17) is 16.3 Å². The first-order chi connectivity index (χ1) is 12.6. The van der Waals surface area contributed by atoms with Gasteiger partial charge in [-0.2, -0.15) is 0 Å². The van der Waals surface area contributed by atoms with Crippen molar-refractivity contribution in [3.63, 3.8) is 0 Å². The molecule has 0 saturated heterocycles. The lowest BCUT2D eigenvalue weighted by atomic mass is 10.2. The Kier molecular flexibility index (Phi) is 6.06. The van der Waals surface area contributed by atoms with Crippen LogP contribution in [0.25, 0.3) is 0 Å². The molecule has 0 aromatic heterocycles. The lowest BCUT2D eigenvalue weighted by molar-refractivity contribution is -0.127. The topological polar surface area (TPSA) is 58.6 Å². The molecule has 5 nitrogen and oxygen atoms in total. The number of hydrogen-bond donors (Lipinski definition) is 1. The zero-order valence-corrected chi connectivity index (χ0v) is 15.8. The summed E-state index contributed by atoms with van der Waals surface area (Å²) in [6.07, 6.45) is -0.715. The van der Waals surface area contributed by atoms with Gasteiger partial charge in [-0.15, -0.1) is 11.8 Å². The summed E-state index contributed by atoms with van der Waals surface area (Å²) >= 11 is 7.65. The number of nitrogens with zero attached hydrogens (tertiary/aromatic N) is 1. The van der Waals surface area contributed by atoms with Gasteiger partial charge in [-0.1, -0.05) is 41.9 Å². The summed E-state index contributed by atoms with van der Waals surface area (Å²) in [7, 11) is 1.55. The quantitative estimate of drug-likeness (QED) is 0.852. The number of nitrogens with one attached hydrogen (secondary N) is 1. The van der Waals surface area contributed by atoms with Crippen molar-refractivity contribution in [1.29, 1.82) is 0 Å². The van der Waals surface area contributed by atoms with Crippen LogP contribution < -0.4 is 15.0 Å². The number of halogens is 1. The highest BCUT2D eigenvalue weighted by Gasteiger charge is 2.33. The third-order valence-corrected chi connectivity index (χ3v) is 5.39. The number of para-hydroxylation sites is 2. The van der Waals surface area contributed by atoms with Crippen molar-refractivity contribution in [2.24, 2.45) is 0 Å². The van der Waals surface area contributed by atoms with E-state index in [1.807, 2.05) is 42.5 Å². The van der Waals surface area contributed by atoms with Gasteiger partial charge in [0.05, 0.1) is 18.0 Å². The standard InChI is InChI=1S/C19H19ClN2O3S/c1-21-19(24)17-10-22(15-8-4-5-9-16(15)25-17)18(23)12-26-11-13-6-2-3-7-14(13)20/h2-9,17H,10-12H2,1H3,(H,21,24)/t17-/m1/s1. The fourth-order valence-corrected chi connectivity index (χ4v) is 3.90. The monoisotopic (exact) mass is 390 g/mol. The van der Waals surface area contributed by atoms with Crippen LogP contribution in [0.2, 0.25) is 5.02 Å². The molecule has 0 bridgehead atoms. The Balaban J connectivity index is 1.69. The van der Waals surface area contributed by atoms with Crippen LogP contribution in [-0.2, 0) is 15.3 Å². The summed E-state index contributed by atoms with van der Waals surface area (Å²) in [5.41, 5.74) is 1.69. The summed E-state index contributed by atoms with van der Waals surface area (Å²) in [5.74, 6) is 1.17. The number of rotatable bonds is 5. The van der Waals surface area contributed by atoms with Crippen LogP contribution in [0.15, 0.2) is 48.5 Å². The van der Waals surface area contributed by atoms with Crippen LogP contribution in [0.3, 0.4) is 0 Å². The van der Waals surface area contributed by atoms with Crippen molar-refractivity contribution in [1.82, 2.24) is 5.32 Å². The van der Waals surface area contributed by atoms with E-state index in [1.54, 1.807) is 18.0 Å². The summed E-state index contributed by atoms with van der Waals surface area (Å²) < 4.78 is 5.72. The van der Waals surface area contributed by atoms with Gasteiger partial charge >= 0.3 is 0 Å². The predicted octanol–water partition coefficient (Wildman–Crippen LogP) is 3.11. The minimum Gasteiger partial charge on any atom is -0.477 e. The van der Waals surface area contributed by atoms with E-state index in [0.29, 0.717) is 28.0 Å². The van der Waals surface area contributed by atoms with Crippen LogP contribution in [0, 0.1) is 0 Å². The number of carbonyl (C=O) groups excluding carboxylic acids is 2. The third-order valence-electron chi connectivity index (χ3n) is 4.05. The summed E-state index contributed by atoms with van der Waals surface area (Å²) in [4.78, 5) is 26.4. The fraction of sp³-hybridized carbons (Fsp3) is 0.263. The molecule has 2 aromatic rings. The molecule has 1 N–H and O–H groups in total. The normalized spacial score (nSPS) is 15.8. The lowest BCUT2D eigenvalue weighted by Crippen LogP contribution is -2.50. The second-order valence-electron chi connectivity index (χ2n) is 5.78. The van der Waals surface area contributed by atoms with E-state index in [9.17, 15) is 9.59 Å². The minimum atomic E-state index is -0.715. The van der Waals surface area contributed by atoms with E-state index >= 15 is 0 Å². The van der Waals surface area contributed by atoms with E-state index in [0.717, 1.165) is 5.56 Å². The maximum Gasteiger partial charge on any atom is 0.262 e. The van der Waals surface area contributed by atoms with Crippen molar-refractivity contribution < 1.29 is 14.3 Å². The molecule has 0 unspecified atom stereocenters. The van der Waals surface area contributed by atoms with Crippen LogP contribution in [-0.4, -0.2) is 37.3 Å². The average Bonchev–Trinajstić information content (AvgIpc) is 2.67. The molecule has 136 valence electrons. The summed E-state index contributed by atoms with van der Waals surface area (Å²) in [6, 6.07) is 14.9. The second kappa shape index (κ2) is 8.47. The van der Waals surface area contributed by atoms with Gasteiger partial charge < -0.3 is 15.0 Å². The first-order valence-electron chi connectivity index (χ1n) is 8.19. The third kappa shape index (κ3) is 4.14. The maximum absolute atomic E-state index is 12.8. The van der Waals surface area contributed by atoms with E-state index < -0.39 is 6.10 Å². The number of likely N-dealkylation sites (N-methyl/N-ethyl adjacent to an activating group) is 1. The Morgan fingerprint density at radius 2 is 1.96 bits per heavy atom. The van der Waals surface area contributed by atoms with E-state index in [2.05, 4.69) is 5.32 Å². The highest BCUT2D eigenvalue weighted by Crippen LogP contribution is 2.33. The van der Waals surface area contributed by atoms with Crippen LogP contribution >= 0.6 is 23.4 Å². The Morgan fingerprint density at radius 1 is 1.23 bits per heavy atom. The number of ether oxygens (including phenoxy) is 1. The average molecular weight is 391 g/mol. The zero-order chi connectivity index (χ0) is 18.5. The number of thioether (sulfide) groups is 1. The van der Waals surface area contributed by atoms with Gasteiger partial charge in [-0.25, -0.2) is 0 Å². The summed E-state index contributed by atoms with van der Waals surface area (Å²) in [5, 5.41) is 3.27. The van der Waals surface area contributed by atoms with Gasteiger partial charge in [0.25, 0.3) is 5.91 Å². The minimum absolute atomic E-state index is 0.0632. The Hall–Kier alpha value is -2.18. The Labute approximate surface area is 161 Å². The number of carbonyl (C=O) groups is 2. The molecule has 1 aliphatic heterocycles. The highest BCUT2D eigenvalue weighted by molar-refractivity contribution is 7.99. The van der Waals surface area contributed by atoms with Crippen LogP contribution in [0.1, 0.15) is 5.56 Å². The molecule has 26 heavy (non-hydrogen) atoms. The van der Waals surface area contributed by atoms with Crippen molar-refractivity contribution in [2.75, 3.05) is 24.2 Å². The molecule has 0 spiro atoms. The number of anilines is 1. The van der Waals surface area contributed by atoms with Crippen molar-refractivity contribution in [2.45, 2.75) is 11.9 Å². The summed E-state index contributed by atoms with van der Waals surface area (Å²) in [6.45, 7) is 0.197. The number of fused-ring (bicyclic) bond motifs is 1. The Morgan fingerprint density at radius 3 is 2.73 bits per heavy atom. The molecule has 1 heterocycles. The first kappa shape index (κ1) is 18.6. The van der Waals surface area contributed by atoms with Crippen LogP contribution in [0.5, 0.6) is 5.75 Å². The molecule has 2 aromatic carbocycles. The molecule has 0 fully saturated rings. The van der Waals surface area contributed by atoms with Crippen molar-refractivity contribution in [3.8, 4) is 5.75 Å². The molecular formula is C19H19ClN2O3S. The SMILES string of the molecule is CNC(=O)[C@H]1CN(C(=O)CSCc2ccccc2Cl)c2ccccc2O1. The second-order valence-corrected chi connectivity index (χ2v) is 7.17. The van der Waals surface area contributed by atoms with E-state index in [-0.39, 0.29) is 18.4 Å². The maximum atomic E-state index is 12.8. The zero-order valence-electron chi connectivity index (χ0n) is 14.3. The van der Waals surface area contributed by atoms with Gasteiger partial charge in [0, 0.05) is 17.8 Å². The molecular weight excluding hydrogens is 372 g/mol. The van der Waals surface area contributed by atoms with Crippen LogP contribution in [0.4, 0.5) is 5.69 Å². The highest BCUT2D eigenvalue weighted by atomic mass is 35.5. The van der Waals surface area contributed by atoms with Crippen molar-refractivity contribution >= 4 is 40.9 Å². The largest absolute Gasteiger partial charge is 0.477 e. The fourth-order valence-electron chi connectivity index (χ4n) is 2.71. The molecule has 1 aliphatic rings. The smallest absolute Gasteiger partial charge is 0.262 e. The molecule has 0 saturated carbocycles. The number of hydrogen-bond acceptors (Lipinski definition) is 4. The Bertz CT molecular complexity index is 815. The number of benzene rings is 2. The van der Waals surface area contributed by atoms with Gasteiger partial charge in [-0.3, -0.25) is 9.59 Å². The first-order valence-corrected chi connectivity index (χ1v) is 9.72. The molecule has 0 radical (unpaired) electrons. The van der Waals surface area contributed by atoms with Gasteiger partial charge in [0.1, 0.15) is 5.75 Å². The number of amides is 2. The van der Waals surface area contributed by atoms with Gasteiger partial charge in [-0.05, 0) is 23.8 Å². The molecule has 7 heteroatoms. The van der Waals surface area contributed by atoms with E-state index in [1.165, 1.54) is 11.8 Å². The van der Waals surface area contributed by atoms with Gasteiger partial charge in [0.2, 0.25) is 5.91 Å².